The lowest BCUT2D eigenvalue weighted by Crippen LogP contribution is -2.38. The number of pyridine rings is 1. The molecule has 1 aliphatic heterocycles. The fourth-order valence-electron chi connectivity index (χ4n) is 2.40. The summed E-state index contributed by atoms with van der Waals surface area (Å²) >= 11 is 0. The van der Waals surface area contributed by atoms with Gasteiger partial charge in [-0.05, 0) is 36.4 Å². The molecule has 21 heavy (non-hydrogen) atoms. The molecule has 6 heteroatoms. The van der Waals surface area contributed by atoms with Crippen molar-refractivity contribution < 1.29 is 13.6 Å². The van der Waals surface area contributed by atoms with Crippen LogP contribution in [-0.2, 0) is 0 Å². The minimum atomic E-state index is -0.532. The standard InChI is InChI=1S/C15H10FN3O2/c16-9-3-4-11-8(6-9)7-12(21-11)14-18-13-10(15(20)19-14)2-1-5-17-13/h1-7,14H,(H,17,18)(H,19,20)/t14-/m1/s1. The van der Waals surface area contributed by atoms with Gasteiger partial charge in [-0.1, -0.05) is 0 Å². The number of carbonyl (C=O) groups is 1. The van der Waals surface area contributed by atoms with Crippen LogP contribution in [0.1, 0.15) is 22.3 Å². The summed E-state index contributed by atoms with van der Waals surface area (Å²) in [5, 5.41) is 6.52. The molecule has 1 aromatic carbocycles. The Kier molecular flexibility index (Phi) is 2.44. The lowest BCUT2D eigenvalue weighted by molar-refractivity contribution is 0.0930. The molecule has 1 atom stereocenters. The molecule has 3 heterocycles. The number of fused-ring (bicyclic) bond motifs is 2. The molecule has 4 rings (SSSR count). The Labute approximate surface area is 118 Å². The minimum absolute atomic E-state index is 0.228. The van der Waals surface area contributed by atoms with E-state index in [4.69, 9.17) is 4.42 Å². The van der Waals surface area contributed by atoms with Crippen LogP contribution >= 0.6 is 0 Å². The van der Waals surface area contributed by atoms with Gasteiger partial charge in [-0.2, -0.15) is 0 Å². The van der Waals surface area contributed by atoms with E-state index in [1.807, 2.05) is 0 Å². The van der Waals surface area contributed by atoms with Crippen LogP contribution in [0.5, 0.6) is 0 Å². The van der Waals surface area contributed by atoms with Crippen molar-refractivity contribution in [1.82, 2.24) is 10.3 Å². The van der Waals surface area contributed by atoms with Crippen LogP contribution in [0.4, 0.5) is 10.2 Å². The van der Waals surface area contributed by atoms with Gasteiger partial charge >= 0.3 is 0 Å². The van der Waals surface area contributed by atoms with E-state index in [0.717, 1.165) is 0 Å². The number of nitrogens with zero attached hydrogens (tertiary/aromatic N) is 1. The SMILES string of the molecule is O=C1N[C@H](c2cc3cc(F)ccc3o2)Nc2ncccc21. The quantitative estimate of drug-likeness (QED) is 0.720. The van der Waals surface area contributed by atoms with Gasteiger partial charge in [0.15, 0.2) is 6.17 Å². The zero-order valence-corrected chi connectivity index (χ0v) is 10.8. The Bertz CT molecular complexity index is 859. The van der Waals surface area contributed by atoms with Crippen LogP contribution in [0.25, 0.3) is 11.0 Å². The number of amides is 1. The van der Waals surface area contributed by atoms with Crippen molar-refractivity contribution in [2.45, 2.75) is 6.17 Å². The molecule has 0 saturated heterocycles. The fraction of sp³-hybridized carbons (Fsp3) is 0.0667. The van der Waals surface area contributed by atoms with Gasteiger partial charge in [0.1, 0.15) is 23.0 Å². The Morgan fingerprint density at radius 1 is 1.19 bits per heavy atom. The molecule has 0 unspecified atom stereocenters. The first-order chi connectivity index (χ1) is 10.2. The number of benzene rings is 1. The molecule has 2 aromatic heterocycles. The maximum atomic E-state index is 13.2. The molecule has 0 bridgehead atoms. The number of rotatable bonds is 1. The largest absolute Gasteiger partial charge is 0.457 e. The van der Waals surface area contributed by atoms with Gasteiger partial charge < -0.3 is 15.1 Å². The van der Waals surface area contributed by atoms with Crippen molar-refractivity contribution in [1.29, 1.82) is 0 Å². The molecule has 0 radical (unpaired) electrons. The molecular formula is C15H10FN3O2. The maximum Gasteiger partial charge on any atom is 0.256 e. The fourth-order valence-corrected chi connectivity index (χ4v) is 2.40. The number of hydrogen-bond donors (Lipinski definition) is 2. The molecule has 0 saturated carbocycles. The van der Waals surface area contributed by atoms with Crippen molar-refractivity contribution in [2.24, 2.45) is 0 Å². The van der Waals surface area contributed by atoms with Crippen LogP contribution in [0.2, 0.25) is 0 Å². The van der Waals surface area contributed by atoms with Crippen molar-refractivity contribution in [2.75, 3.05) is 5.32 Å². The highest BCUT2D eigenvalue weighted by molar-refractivity contribution is 6.00. The summed E-state index contributed by atoms with van der Waals surface area (Å²) in [4.78, 5) is 16.2. The number of aromatic nitrogens is 1. The molecule has 2 N–H and O–H groups in total. The first kappa shape index (κ1) is 11.9. The molecular weight excluding hydrogens is 273 g/mol. The summed E-state index contributed by atoms with van der Waals surface area (Å²) in [6.07, 6.45) is 1.07. The van der Waals surface area contributed by atoms with E-state index >= 15 is 0 Å². The summed E-state index contributed by atoms with van der Waals surface area (Å²) in [5.41, 5.74) is 1.05. The molecule has 0 aliphatic carbocycles. The third kappa shape index (κ3) is 1.92. The van der Waals surface area contributed by atoms with E-state index in [2.05, 4.69) is 15.6 Å². The van der Waals surface area contributed by atoms with Crippen LogP contribution in [0, 0.1) is 5.82 Å². The Balaban J connectivity index is 1.75. The number of hydrogen-bond acceptors (Lipinski definition) is 4. The predicted octanol–water partition coefficient (Wildman–Crippen LogP) is 2.82. The maximum absolute atomic E-state index is 13.2. The van der Waals surface area contributed by atoms with Crippen molar-refractivity contribution >= 4 is 22.7 Å². The van der Waals surface area contributed by atoms with Crippen LogP contribution in [0.3, 0.4) is 0 Å². The van der Waals surface area contributed by atoms with E-state index in [-0.39, 0.29) is 11.7 Å². The zero-order chi connectivity index (χ0) is 14.4. The summed E-state index contributed by atoms with van der Waals surface area (Å²) in [6.45, 7) is 0. The van der Waals surface area contributed by atoms with Crippen LogP contribution < -0.4 is 10.6 Å². The van der Waals surface area contributed by atoms with Gasteiger partial charge in [-0.15, -0.1) is 0 Å². The first-order valence-corrected chi connectivity index (χ1v) is 6.42. The second-order valence-corrected chi connectivity index (χ2v) is 4.78. The second kappa shape index (κ2) is 4.31. The number of furan rings is 1. The predicted molar refractivity (Wildman–Crippen MR) is 74.2 cm³/mol. The summed E-state index contributed by atoms with van der Waals surface area (Å²) < 4.78 is 18.9. The molecule has 5 nitrogen and oxygen atoms in total. The van der Waals surface area contributed by atoms with Gasteiger partial charge in [0, 0.05) is 11.6 Å². The van der Waals surface area contributed by atoms with Gasteiger partial charge in [0.25, 0.3) is 5.91 Å². The number of carbonyl (C=O) groups excluding carboxylic acids is 1. The number of nitrogens with one attached hydrogen (secondary N) is 2. The number of halogens is 1. The highest BCUT2D eigenvalue weighted by Crippen LogP contribution is 2.28. The summed E-state index contributed by atoms with van der Waals surface area (Å²) in [5.74, 6) is 0.439. The van der Waals surface area contributed by atoms with E-state index in [1.54, 1.807) is 30.5 Å². The van der Waals surface area contributed by atoms with Crippen molar-refractivity contribution in [3.8, 4) is 0 Å². The second-order valence-electron chi connectivity index (χ2n) is 4.78. The highest BCUT2D eigenvalue weighted by atomic mass is 19.1. The van der Waals surface area contributed by atoms with Gasteiger partial charge in [0.2, 0.25) is 0 Å². The normalized spacial score (nSPS) is 17.2. The van der Waals surface area contributed by atoms with Gasteiger partial charge in [-0.3, -0.25) is 4.79 Å². The summed E-state index contributed by atoms with van der Waals surface area (Å²) in [7, 11) is 0. The average Bonchev–Trinajstić information content (AvgIpc) is 2.90. The van der Waals surface area contributed by atoms with E-state index in [1.165, 1.54) is 12.1 Å². The third-order valence-corrected chi connectivity index (χ3v) is 3.39. The first-order valence-electron chi connectivity index (χ1n) is 6.42. The average molecular weight is 283 g/mol. The van der Waals surface area contributed by atoms with Crippen molar-refractivity contribution in [3.63, 3.8) is 0 Å². The lowest BCUT2D eigenvalue weighted by atomic mass is 10.1. The Hall–Kier alpha value is -2.89. The summed E-state index contributed by atoms with van der Waals surface area (Å²) in [6, 6.07) is 9.37. The van der Waals surface area contributed by atoms with Crippen LogP contribution in [0.15, 0.2) is 47.0 Å². The minimum Gasteiger partial charge on any atom is -0.457 e. The topological polar surface area (TPSA) is 67.2 Å². The van der Waals surface area contributed by atoms with Crippen molar-refractivity contribution in [3.05, 3.63) is 59.7 Å². The van der Waals surface area contributed by atoms with E-state index in [0.29, 0.717) is 28.1 Å². The molecule has 1 amide bonds. The molecule has 0 fully saturated rings. The molecule has 104 valence electrons. The van der Waals surface area contributed by atoms with E-state index < -0.39 is 6.17 Å². The third-order valence-electron chi connectivity index (χ3n) is 3.39. The highest BCUT2D eigenvalue weighted by Gasteiger charge is 2.27. The number of anilines is 1. The molecule has 1 aliphatic rings. The van der Waals surface area contributed by atoms with Gasteiger partial charge in [0.05, 0.1) is 5.56 Å². The van der Waals surface area contributed by atoms with E-state index in [9.17, 15) is 9.18 Å². The molecule has 3 aromatic rings. The monoisotopic (exact) mass is 283 g/mol. The van der Waals surface area contributed by atoms with Crippen LogP contribution in [-0.4, -0.2) is 10.9 Å². The zero-order valence-electron chi connectivity index (χ0n) is 10.8. The lowest BCUT2D eigenvalue weighted by Gasteiger charge is -2.25. The molecule has 0 spiro atoms. The Morgan fingerprint density at radius 3 is 3.00 bits per heavy atom. The Morgan fingerprint density at radius 2 is 2.10 bits per heavy atom. The van der Waals surface area contributed by atoms with Gasteiger partial charge in [-0.25, -0.2) is 9.37 Å². The smallest absolute Gasteiger partial charge is 0.256 e.